The molecule has 238 valence electrons. The van der Waals surface area contributed by atoms with Gasteiger partial charge < -0.3 is 13.9 Å². The number of fused-ring (bicyclic) bond motifs is 9. The van der Waals surface area contributed by atoms with Gasteiger partial charge in [0.2, 0.25) is 0 Å². The average molecular weight is 643 g/mol. The Morgan fingerprint density at radius 2 is 1.40 bits per heavy atom. The standard InChI is InChI=1S/C47H34N2O/c1-30-26-40(31(2)29-48(35-14-4-3-5-15-35)42-18-10-8-16-37(30)42)34-21-24-43-41(28-34)38-23-25-45-46(39-17-9-11-19-44(39)50-45)47(38)49(43)36-22-20-32-12-6-7-13-33(32)27-36/h3-28,31H,1,29H2,2H3/b40-26+. The topological polar surface area (TPSA) is 21.3 Å². The smallest absolute Gasteiger partial charge is 0.137 e. The third-order valence-corrected chi connectivity index (χ3v) is 10.5. The number of hydrogen-bond acceptors (Lipinski definition) is 2. The number of allylic oxidation sites excluding steroid dienone is 2. The van der Waals surface area contributed by atoms with Crippen molar-refractivity contribution in [1.29, 1.82) is 0 Å². The van der Waals surface area contributed by atoms with Crippen molar-refractivity contribution in [3.8, 4) is 5.69 Å². The Morgan fingerprint density at radius 3 is 2.30 bits per heavy atom. The summed E-state index contributed by atoms with van der Waals surface area (Å²) in [6, 6.07) is 54.5. The van der Waals surface area contributed by atoms with Gasteiger partial charge in [-0.25, -0.2) is 0 Å². The van der Waals surface area contributed by atoms with E-state index in [4.69, 9.17) is 4.42 Å². The van der Waals surface area contributed by atoms with Gasteiger partial charge in [-0.15, -0.1) is 0 Å². The first-order chi connectivity index (χ1) is 24.6. The Bertz CT molecular complexity index is 2830. The number of furan rings is 1. The summed E-state index contributed by atoms with van der Waals surface area (Å²) >= 11 is 0. The fraction of sp³-hybridized carbons (Fsp3) is 0.0638. The fourth-order valence-electron chi connectivity index (χ4n) is 8.16. The minimum atomic E-state index is 0.233. The Balaban J connectivity index is 1.22. The van der Waals surface area contributed by atoms with Gasteiger partial charge in [0.05, 0.1) is 16.4 Å². The number of hydrogen-bond donors (Lipinski definition) is 0. The molecule has 0 amide bonds. The van der Waals surface area contributed by atoms with Gasteiger partial charge in [-0.05, 0) is 94.1 Å². The molecule has 50 heavy (non-hydrogen) atoms. The lowest BCUT2D eigenvalue weighted by molar-refractivity contribution is 0.669. The SMILES string of the molecule is C=C1/C=C(/c2ccc3c(c2)c2ccc4oc5ccccc5c4c2n3-c2ccc3ccccc3c2)C(C)CN(c2ccccc2)c2ccccc21. The minimum Gasteiger partial charge on any atom is -0.456 e. The number of nitrogens with zero attached hydrogens (tertiary/aromatic N) is 2. The number of anilines is 2. The molecule has 3 heteroatoms. The summed E-state index contributed by atoms with van der Waals surface area (Å²) in [5.74, 6) is 0.233. The molecule has 0 bridgehead atoms. The van der Waals surface area contributed by atoms with Crippen LogP contribution in [-0.2, 0) is 0 Å². The molecule has 0 N–H and O–H groups in total. The van der Waals surface area contributed by atoms with Crippen molar-refractivity contribution in [2.24, 2.45) is 5.92 Å². The van der Waals surface area contributed by atoms with Gasteiger partial charge in [-0.3, -0.25) is 0 Å². The van der Waals surface area contributed by atoms with Crippen molar-refractivity contribution in [1.82, 2.24) is 4.57 Å². The summed E-state index contributed by atoms with van der Waals surface area (Å²) in [5.41, 5.74) is 12.3. The van der Waals surface area contributed by atoms with Crippen molar-refractivity contribution < 1.29 is 4.42 Å². The summed E-state index contributed by atoms with van der Waals surface area (Å²) in [5, 5.41) is 7.16. The summed E-state index contributed by atoms with van der Waals surface area (Å²) < 4.78 is 8.86. The molecular weight excluding hydrogens is 609 g/mol. The minimum absolute atomic E-state index is 0.233. The maximum Gasteiger partial charge on any atom is 0.137 e. The fourth-order valence-corrected chi connectivity index (χ4v) is 8.16. The van der Waals surface area contributed by atoms with E-state index in [2.05, 4.69) is 175 Å². The summed E-state index contributed by atoms with van der Waals surface area (Å²) in [7, 11) is 0. The van der Waals surface area contributed by atoms with Crippen LogP contribution in [0.25, 0.3) is 71.4 Å². The van der Waals surface area contributed by atoms with E-state index in [1.165, 1.54) is 55.1 Å². The van der Waals surface area contributed by atoms with Crippen LogP contribution in [0.3, 0.4) is 0 Å². The van der Waals surface area contributed by atoms with E-state index in [9.17, 15) is 0 Å². The summed E-state index contributed by atoms with van der Waals surface area (Å²) in [6.45, 7) is 7.80. The highest BCUT2D eigenvalue weighted by atomic mass is 16.3. The van der Waals surface area contributed by atoms with E-state index >= 15 is 0 Å². The lowest BCUT2D eigenvalue weighted by Gasteiger charge is -2.33. The van der Waals surface area contributed by atoms with Crippen molar-refractivity contribution in [2.75, 3.05) is 11.4 Å². The molecule has 2 aromatic heterocycles. The van der Waals surface area contributed by atoms with Gasteiger partial charge in [0.25, 0.3) is 0 Å². The first kappa shape index (κ1) is 28.7. The molecule has 1 aliphatic rings. The molecule has 9 aromatic rings. The van der Waals surface area contributed by atoms with Gasteiger partial charge in [0.15, 0.2) is 0 Å². The lowest BCUT2D eigenvalue weighted by atomic mass is 9.87. The van der Waals surface area contributed by atoms with Crippen LogP contribution in [-0.4, -0.2) is 11.1 Å². The van der Waals surface area contributed by atoms with Gasteiger partial charge in [-0.2, -0.15) is 0 Å². The highest BCUT2D eigenvalue weighted by Gasteiger charge is 2.25. The van der Waals surface area contributed by atoms with Crippen molar-refractivity contribution in [3.05, 3.63) is 175 Å². The van der Waals surface area contributed by atoms with Crippen LogP contribution in [0, 0.1) is 5.92 Å². The van der Waals surface area contributed by atoms with E-state index in [1.807, 2.05) is 6.07 Å². The van der Waals surface area contributed by atoms with Crippen LogP contribution in [0.5, 0.6) is 0 Å². The number of rotatable bonds is 3. The molecule has 1 unspecified atom stereocenters. The predicted octanol–water partition coefficient (Wildman–Crippen LogP) is 12.7. The second-order valence-corrected chi connectivity index (χ2v) is 13.5. The summed E-state index contributed by atoms with van der Waals surface area (Å²) in [6.07, 6.45) is 2.32. The number of aromatic nitrogens is 1. The first-order valence-corrected chi connectivity index (χ1v) is 17.3. The zero-order chi connectivity index (χ0) is 33.3. The maximum absolute atomic E-state index is 6.43. The molecule has 0 saturated carbocycles. The second kappa shape index (κ2) is 11.1. The van der Waals surface area contributed by atoms with Gasteiger partial charge in [0.1, 0.15) is 11.2 Å². The normalized spacial score (nSPS) is 16.2. The molecule has 0 radical (unpaired) electrons. The van der Waals surface area contributed by atoms with Crippen LogP contribution >= 0.6 is 0 Å². The summed E-state index contributed by atoms with van der Waals surface area (Å²) in [4.78, 5) is 2.45. The lowest BCUT2D eigenvalue weighted by Crippen LogP contribution is -2.26. The molecule has 0 spiro atoms. The Kier molecular flexibility index (Phi) is 6.37. The van der Waals surface area contributed by atoms with Crippen molar-refractivity contribution in [3.63, 3.8) is 0 Å². The molecular formula is C47H34N2O. The van der Waals surface area contributed by atoms with Gasteiger partial charge in [-0.1, -0.05) is 111 Å². The van der Waals surface area contributed by atoms with Crippen LogP contribution in [0.2, 0.25) is 0 Å². The second-order valence-electron chi connectivity index (χ2n) is 13.5. The quantitative estimate of drug-likeness (QED) is 0.191. The van der Waals surface area contributed by atoms with E-state index in [0.29, 0.717) is 0 Å². The highest BCUT2D eigenvalue weighted by molar-refractivity contribution is 6.24. The molecule has 7 aromatic carbocycles. The molecule has 0 aliphatic carbocycles. The molecule has 1 atom stereocenters. The van der Waals surface area contributed by atoms with Crippen LogP contribution in [0.15, 0.2) is 169 Å². The molecule has 3 heterocycles. The molecule has 1 aliphatic heterocycles. The largest absolute Gasteiger partial charge is 0.456 e. The maximum atomic E-state index is 6.43. The molecule has 3 nitrogen and oxygen atoms in total. The van der Waals surface area contributed by atoms with Gasteiger partial charge >= 0.3 is 0 Å². The predicted molar refractivity (Wildman–Crippen MR) is 212 cm³/mol. The molecule has 0 fully saturated rings. The Morgan fingerprint density at radius 1 is 0.620 bits per heavy atom. The van der Waals surface area contributed by atoms with Crippen molar-refractivity contribution in [2.45, 2.75) is 6.92 Å². The number of benzene rings is 7. The van der Waals surface area contributed by atoms with Crippen LogP contribution in [0.4, 0.5) is 11.4 Å². The zero-order valence-corrected chi connectivity index (χ0v) is 27.8. The van der Waals surface area contributed by atoms with Crippen LogP contribution < -0.4 is 4.90 Å². The first-order valence-electron chi connectivity index (χ1n) is 17.3. The van der Waals surface area contributed by atoms with E-state index in [-0.39, 0.29) is 5.92 Å². The zero-order valence-electron chi connectivity index (χ0n) is 27.8. The molecule has 0 saturated heterocycles. The van der Waals surface area contributed by atoms with E-state index in [0.717, 1.165) is 45.3 Å². The monoisotopic (exact) mass is 642 g/mol. The van der Waals surface area contributed by atoms with Gasteiger partial charge in [0, 0.05) is 45.3 Å². The third kappa shape index (κ3) is 4.37. The Labute approximate surface area is 290 Å². The average Bonchev–Trinajstić information content (AvgIpc) is 3.71. The third-order valence-electron chi connectivity index (χ3n) is 10.5. The number of para-hydroxylation sites is 3. The van der Waals surface area contributed by atoms with E-state index in [1.54, 1.807) is 0 Å². The van der Waals surface area contributed by atoms with Crippen molar-refractivity contribution >= 4 is 77.0 Å². The Hall–Kier alpha value is -6.32. The van der Waals surface area contributed by atoms with E-state index < -0.39 is 0 Å². The molecule has 10 rings (SSSR count). The van der Waals surface area contributed by atoms with Crippen LogP contribution in [0.1, 0.15) is 18.1 Å². The highest BCUT2D eigenvalue weighted by Crippen LogP contribution is 2.44.